The number of rotatable bonds is 5. The highest BCUT2D eigenvalue weighted by Crippen LogP contribution is 2.17. The Bertz CT molecular complexity index is 182. The van der Waals surface area contributed by atoms with E-state index < -0.39 is 0 Å². The third kappa shape index (κ3) is 3.44. The van der Waals surface area contributed by atoms with Crippen molar-refractivity contribution in [2.75, 3.05) is 33.7 Å². The van der Waals surface area contributed by atoms with Crippen LogP contribution < -0.4 is 5.73 Å². The summed E-state index contributed by atoms with van der Waals surface area (Å²) in [5.74, 6) is 0.645. The van der Waals surface area contributed by atoms with E-state index in [9.17, 15) is 0 Å². The fraction of sp³-hybridized carbons (Fsp3) is 1.00. The van der Waals surface area contributed by atoms with Crippen molar-refractivity contribution < 1.29 is 0 Å². The Morgan fingerprint density at radius 2 is 2.13 bits per heavy atom. The monoisotopic (exact) mass is 213 g/mol. The van der Waals surface area contributed by atoms with E-state index in [4.69, 9.17) is 5.73 Å². The molecule has 0 aliphatic carbocycles. The van der Waals surface area contributed by atoms with Crippen molar-refractivity contribution in [2.45, 2.75) is 38.8 Å². The molecule has 1 heterocycles. The molecule has 0 spiro atoms. The van der Waals surface area contributed by atoms with E-state index >= 15 is 0 Å². The number of nitrogens with zero attached hydrogens (tertiary/aromatic N) is 2. The van der Waals surface area contributed by atoms with Crippen molar-refractivity contribution >= 4 is 0 Å². The molecule has 2 unspecified atom stereocenters. The molecule has 3 heteroatoms. The molecule has 0 amide bonds. The molecule has 90 valence electrons. The Balaban J connectivity index is 2.42. The van der Waals surface area contributed by atoms with Crippen LogP contribution in [0, 0.1) is 5.92 Å². The van der Waals surface area contributed by atoms with Gasteiger partial charge in [-0.15, -0.1) is 0 Å². The molecule has 2 atom stereocenters. The maximum Gasteiger partial charge on any atom is 0.0238 e. The van der Waals surface area contributed by atoms with Crippen molar-refractivity contribution in [3.8, 4) is 0 Å². The van der Waals surface area contributed by atoms with Gasteiger partial charge in [-0.3, -0.25) is 0 Å². The highest BCUT2D eigenvalue weighted by Gasteiger charge is 2.25. The van der Waals surface area contributed by atoms with Crippen LogP contribution in [0.2, 0.25) is 0 Å². The maximum atomic E-state index is 5.83. The molecule has 0 aromatic carbocycles. The third-order valence-corrected chi connectivity index (χ3v) is 3.75. The Hall–Kier alpha value is -0.120. The predicted octanol–water partition coefficient (Wildman–Crippen LogP) is 0.996. The second kappa shape index (κ2) is 5.83. The molecule has 1 aliphatic heterocycles. The molecule has 2 N–H and O–H groups in total. The van der Waals surface area contributed by atoms with Gasteiger partial charge >= 0.3 is 0 Å². The lowest BCUT2D eigenvalue weighted by Crippen LogP contribution is -2.47. The van der Waals surface area contributed by atoms with Crippen LogP contribution in [0.4, 0.5) is 0 Å². The highest BCUT2D eigenvalue weighted by molar-refractivity contribution is 4.82. The van der Waals surface area contributed by atoms with Crippen molar-refractivity contribution in [3.63, 3.8) is 0 Å². The molecule has 1 aliphatic rings. The summed E-state index contributed by atoms with van der Waals surface area (Å²) >= 11 is 0. The van der Waals surface area contributed by atoms with Crippen LogP contribution in [0.25, 0.3) is 0 Å². The molecule has 1 rings (SSSR count). The number of hydrogen-bond acceptors (Lipinski definition) is 3. The van der Waals surface area contributed by atoms with Gasteiger partial charge in [0.15, 0.2) is 0 Å². The van der Waals surface area contributed by atoms with E-state index in [0.29, 0.717) is 12.0 Å². The first-order valence-electron chi connectivity index (χ1n) is 6.16. The quantitative estimate of drug-likeness (QED) is 0.739. The number of likely N-dealkylation sites (N-methyl/N-ethyl adjacent to an activating group) is 2. The van der Waals surface area contributed by atoms with Crippen LogP contribution >= 0.6 is 0 Å². The maximum absolute atomic E-state index is 5.83. The SMILES string of the molecule is CC(C)C(CN)N(C)CC1CCCN1C. The van der Waals surface area contributed by atoms with Crippen LogP contribution in [-0.4, -0.2) is 55.6 Å². The minimum atomic E-state index is 0.527. The standard InChI is InChI=1S/C12H27N3/c1-10(2)12(8-13)15(4)9-11-6-5-7-14(11)3/h10-12H,5-9,13H2,1-4H3. The average Bonchev–Trinajstić information content (AvgIpc) is 2.52. The average molecular weight is 213 g/mol. The molecule has 1 saturated heterocycles. The minimum absolute atomic E-state index is 0.527. The second-order valence-corrected chi connectivity index (χ2v) is 5.26. The van der Waals surface area contributed by atoms with Crippen LogP contribution in [0.3, 0.4) is 0 Å². The lowest BCUT2D eigenvalue weighted by molar-refractivity contribution is 0.151. The van der Waals surface area contributed by atoms with E-state index in [-0.39, 0.29) is 0 Å². The van der Waals surface area contributed by atoms with E-state index in [0.717, 1.165) is 19.1 Å². The van der Waals surface area contributed by atoms with Gasteiger partial charge in [0.05, 0.1) is 0 Å². The predicted molar refractivity (Wildman–Crippen MR) is 66.0 cm³/mol. The van der Waals surface area contributed by atoms with Crippen molar-refractivity contribution in [3.05, 3.63) is 0 Å². The van der Waals surface area contributed by atoms with Crippen LogP contribution in [0.15, 0.2) is 0 Å². The zero-order valence-corrected chi connectivity index (χ0v) is 10.7. The van der Waals surface area contributed by atoms with Gasteiger partial charge in [0, 0.05) is 25.2 Å². The molecule has 0 bridgehead atoms. The zero-order valence-electron chi connectivity index (χ0n) is 10.7. The van der Waals surface area contributed by atoms with Gasteiger partial charge in [0.25, 0.3) is 0 Å². The van der Waals surface area contributed by atoms with Crippen molar-refractivity contribution in [2.24, 2.45) is 11.7 Å². The molecule has 3 nitrogen and oxygen atoms in total. The summed E-state index contributed by atoms with van der Waals surface area (Å²) in [6, 6.07) is 1.27. The molecule has 1 fully saturated rings. The van der Waals surface area contributed by atoms with E-state index in [1.807, 2.05) is 0 Å². The second-order valence-electron chi connectivity index (χ2n) is 5.26. The summed E-state index contributed by atoms with van der Waals surface area (Å²) in [4.78, 5) is 4.92. The van der Waals surface area contributed by atoms with Gasteiger partial charge in [0.2, 0.25) is 0 Å². The van der Waals surface area contributed by atoms with Crippen molar-refractivity contribution in [1.29, 1.82) is 0 Å². The lowest BCUT2D eigenvalue weighted by Gasteiger charge is -2.33. The molecule has 15 heavy (non-hydrogen) atoms. The van der Waals surface area contributed by atoms with Gasteiger partial charge in [-0.1, -0.05) is 13.8 Å². The van der Waals surface area contributed by atoms with Crippen LogP contribution in [-0.2, 0) is 0 Å². The van der Waals surface area contributed by atoms with Gasteiger partial charge in [-0.05, 0) is 39.4 Å². The highest BCUT2D eigenvalue weighted by atomic mass is 15.2. The van der Waals surface area contributed by atoms with Crippen molar-refractivity contribution in [1.82, 2.24) is 9.80 Å². The third-order valence-electron chi connectivity index (χ3n) is 3.75. The van der Waals surface area contributed by atoms with Gasteiger partial charge in [0.1, 0.15) is 0 Å². The first-order chi connectivity index (χ1) is 7.06. The topological polar surface area (TPSA) is 32.5 Å². The summed E-state index contributed by atoms with van der Waals surface area (Å²) in [5, 5.41) is 0. The molecular weight excluding hydrogens is 186 g/mol. The summed E-state index contributed by atoms with van der Waals surface area (Å²) < 4.78 is 0. The Morgan fingerprint density at radius 3 is 2.53 bits per heavy atom. The summed E-state index contributed by atoms with van der Waals surface area (Å²) in [6.07, 6.45) is 2.69. The zero-order chi connectivity index (χ0) is 11.4. The first-order valence-corrected chi connectivity index (χ1v) is 6.16. The normalized spacial score (nSPS) is 25.4. The fourth-order valence-corrected chi connectivity index (χ4v) is 2.64. The molecular formula is C12H27N3. The molecule has 0 aromatic rings. The largest absolute Gasteiger partial charge is 0.329 e. The van der Waals surface area contributed by atoms with E-state index in [1.54, 1.807) is 0 Å². The Kier molecular flexibility index (Phi) is 5.03. The van der Waals surface area contributed by atoms with Gasteiger partial charge in [-0.2, -0.15) is 0 Å². The summed E-state index contributed by atoms with van der Waals surface area (Å²) in [5.41, 5.74) is 5.83. The first kappa shape index (κ1) is 12.9. The van der Waals surface area contributed by atoms with E-state index in [2.05, 4.69) is 37.7 Å². The Labute approximate surface area is 94.6 Å². The fourth-order valence-electron chi connectivity index (χ4n) is 2.64. The summed E-state index contributed by atoms with van der Waals surface area (Å²) in [6.45, 7) is 7.70. The van der Waals surface area contributed by atoms with E-state index in [1.165, 1.54) is 19.4 Å². The van der Waals surface area contributed by atoms with Gasteiger partial charge in [-0.25, -0.2) is 0 Å². The molecule has 0 aromatic heterocycles. The van der Waals surface area contributed by atoms with Crippen LogP contribution in [0.5, 0.6) is 0 Å². The van der Waals surface area contributed by atoms with Gasteiger partial charge < -0.3 is 15.5 Å². The summed E-state index contributed by atoms with van der Waals surface area (Å²) in [7, 11) is 4.45. The lowest BCUT2D eigenvalue weighted by atomic mass is 10.0. The number of likely N-dealkylation sites (tertiary alicyclic amines) is 1. The Morgan fingerprint density at radius 1 is 1.47 bits per heavy atom. The smallest absolute Gasteiger partial charge is 0.0238 e. The minimum Gasteiger partial charge on any atom is -0.329 e. The molecule has 0 radical (unpaired) electrons. The number of nitrogens with two attached hydrogens (primary N) is 1. The van der Waals surface area contributed by atoms with Crippen LogP contribution in [0.1, 0.15) is 26.7 Å². The number of hydrogen-bond donors (Lipinski definition) is 1. The molecule has 0 saturated carbocycles.